The van der Waals surface area contributed by atoms with Gasteiger partial charge in [0.25, 0.3) is 0 Å². The van der Waals surface area contributed by atoms with Gasteiger partial charge in [0.15, 0.2) is 0 Å². The first-order valence-corrected chi connectivity index (χ1v) is 8.54. The van der Waals surface area contributed by atoms with Crippen molar-refractivity contribution in [2.75, 3.05) is 13.1 Å². The Balaban J connectivity index is 1.43. The molecule has 1 saturated carbocycles. The zero-order valence-electron chi connectivity index (χ0n) is 13.2. The Morgan fingerprint density at radius 1 is 1.18 bits per heavy atom. The third kappa shape index (κ3) is 2.28. The first kappa shape index (κ1) is 14.0. The lowest BCUT2D eigenvalue weighted by atomic mass is 9.73. The fourth-order valence-electron chi connectivity index (χ4n) is 4.11. The van der Waals surface area contributed by atoms with Crippen LogP contribution in [0.25, 0.3) is 6.08 Å². The van der Waals surface area contributed by atoms with Gasteiger partial charge in [0.1, 0.15) is 0 Å². The van der Waals surface area contributed by atoms with Crippen LogP contribution in [0.1, 0.15) is 43.2 Å². The normalized spacial score (nSPS) is 31.0. The Kier molecular flexibility index (Phi) is 3.53. The van der Waals surface area contributed by atoms with E-state index in [1.54, 1.807) is 0 Å². The Bertz CT molecular complexity index is 576. The van der Waals surface area contributed by atoms with Crippen LogP contribution in [0.3, 0.4) is 0 Å². The monoisotopic (exact) mass is 296 g/mol. The lowest BCUT2D eigenvalue weighted by molar-refractivity contribution is -0.143. The minimum atomic E-state index is 0.330. The molecule has 0 radical (unpaired) electrons. The summed E-state index contributed by atoms with van der Waals surface area (Å²) in [6, 6.07) is 9.78. The molecular formula is C19H24N2O. The predicted octanol–water partition coefficient (Wildman–Crippen LogP) is 2.79. The highest BCUT2D eigenvalue weighted by Gasteiger charge is 2.48. The molecule has 1 aliphatic carbocycles. The molecule has 3 atom stereocenters. The molecule has 1 aromatic rings. The number of hydrogen-bond acceptors (Lipinski definition) is 2. The van der Waals surface area contributed by atoms with Crippen LogP contribution in [-0.2, 0) is 4.79 Å². The van der Waals surface area contributed by atoms with E-state index in [1.807, 2.05) is 6.92 Å². The number of fused-ring (bicyclic) bond motifs is 2. The number of piperazine rings is 1. The molecule has 3 heteroatoms. The highest BCUT2D eigenvalue weighted by molar-refractivity contribution is 5.80. The van der Waals surface area contributed by atoms with E-state index in [9.17, 15) is 4.79 Å². The summed E-state index contributed by atoms with van der Waals surface area (Å²) in [6.07, 6.45) is 7.64. The second kappa shape index (κ2) is 5.54. The fourth-order valence-corrected chi connectivity index (χ4v) is 4.11. The molecular weight excluding hydrogens is 272 g/mol. The van der Waals surface area contributed by atoms with Gasteiger partial charge in [0, 0.05) is 37.0 Å². The third-order valence-corrected chi connectivity index (χ3v) is 5.58. The number of nitrogens with zero attached hydrogens (tertiary/aromatic N) is 1. The van der Waals surface area contributed by atoms with Crippen molar-refractivity contribution in [1.82, 2.24) is 10.2 Å². The molecule has 3 heterocycles. The van der Waals surface area contributed by atoms with Crippen molar-refractivity contribution in [3.8, 4) is 0 Å². The number of carbonyl (C=O) groups is 1. The summed E-state index contributed by atoms with van der Waals surface area (Å²) in [7, 11) is 0. The largest absolute Gasteiger partial charge is 0.339 e. The molecule has 3 aliphatic heterocycles. The van der Waals surface area contributed by atoms with Crippen molar-refractivity contribution in [3.63, 3.8) is 0 Å². The first-order valence-electron chi connectivity index (χ1n) is 8.54. The Hall–Kier alpha value is -1.61. The van der Waals surface area contributed by atoms with Gasteiger partial charge < -0.3 is 10.2 Å². The van der Waals surface area contributed by atoms with Gasteiger partial charge in [-0.3, -0.25) is 4.79 Å². The van der Waals surface area contributed by atoms with Crippen LogP contribution in [0, 0.1) is 5.92 Å². The summed E-state index contributed by atoms with van der Waals surface area (Å²) in [5, 5.41) is 3.62. The summed E-state index contributed by atoms with van der Waals surface area (Å²) >= 11 is 0. The molecule has 4 fully saturated rings. The Morgan fingerprint density at radius 3 is 2.41 bits per heavy atom. The molecule has 5 rings (SSSR count). The molecule has 0 spiro atoms. The van der Waals surface area contributed by atoms with Crippen LogP contribution in [0.15, 0.2) is 30.3 Å². The minimum Gasteiger partial charge on any atom is -0.339 e. The average Bonchev–Trinajstić information content (AvgIpc) is 2.48. The summed E-state index contributed by atoms with van der Waals surface area (Å²) in [6.45, 7) is 3.81. The summed E-state index contributed by atoms with van der Waals surface area (Å²) in [5.74, 6) is 1.31. The highest BCUT2D eigenvalue weighted by atomic mass is 16.2. The van der Waals surface area contributed by atoms with Gasteiger partial charge in [-0.2, -0.15) is 0 Å². The molecule has 4 aliphatic rings. The van der Waals surface area contributed by atoms with E-state index in [1.165, 1.54) is 17.5 Å². The van der Waals surface area contributed by atoms with Crippen LogP contribution >= 0.6 is 0 Å². The van der Waals surface area contributed by atoms with Gasteiger partial charge >= 0.3 is 0 Å². The van der Waals surface area contributed by atoms with Crippen LogP contribution in [0.5, 0.6) is 0 Å². The zero-order chi connectivity index (χ0) is 15.1. The number of carbonyl (C=O) groups excluding carboxylic acids is 1. The van der Waals surface area contributed by atoms with Gasteiger partial charge in [-0.25, -0.2) is 0 Å². The van der Waals surface area contributed by atoms with Crippen molar-refractivity contribution < 1.29 is 4.79 Å². The van der Waals surface area contributed by atoms with Gasteiger partial charge in [-0.1, -0.05) is 42.8 Å². The van der Waals surface area contributed by atoms with Crippen molar-refractivity contribution in [2.24, 2.45) is 5.92 Å². The SMILES string of the molecule is CC=Cc1ccc(C2[C@@H]3CN(C(=O)C4CCC4)C[C@H]2N3)cc1. The lowest BCUT2D eigenvalue weighted by Crippen LogP contribution is -2.72. The van der Waals surface area contributed by atoms with Crippen LogP contribution in [-0.4, -0.2) is 36.0 Å². The van der Waals surface area contributed by atoms with E-state index in [0.29, 0.717) is 29.8 Å². The second-order valence-corrected chi connectivity index (χ2v) is 6.94. The number of piperidine rings is 1. The molecule has 116 valence electrons. The van der Waals surface area contributed by atoms with Crippen molar-refractivity contribution in [3.05, 3.63) is 41.5 Å². The maximum absolute atomic E-state index is 12.4. The van der Waals surface area contributed by atoms with Gasteiger partial charge in [0.05, 0.1) is 0 Å². The first-order chi connectivity index (χ1) is 10.8. The van der Waals surface area contributed by atoms with E-state index in [-0.39, 0.29) is 0 Å². The molecule has 1 aromatic carbocycles. The fraction of sp³-hybridized carbons (Fsp3) is 0.526. The smallest absolute Gasteiger partial charge is 0.225 e. The standard InChI is InChI=1S/C19H24N2O/c1-2-4-13-7-9-14(10-8-13)18-16-11-21(12-17(18)20-16)19(22)15-5-3-6-15/h2,4,7-10,15-18,20H,3,5-6,11-12H2,1H3/t16-,17+,18?. The maximum Gasteiger partial charge on any atom is 0.225 e. The molecule has 1 N–H and O–H groups in total. The summed E-state index contributed by atoms with van der Waals surface area (Å²) < 4.78 is 0. The highest BCUT2D eigenvalue weighted by Crippen LogP contribution is 2.38. The van der Waals surface area contributed by atoms with Gasteiger partial charge in [0.2, 0.25) is 5.91 Å². The second-order valence-electron chi connectivity index (χ2n) is 6.94. The minimum absolute atomic E-state index is 0.330. The molecule has 2 bridgehead atoms. The number of allylic oxidation sites excluding steroid dienone is 1. The number of amides is 1. The van der Waals surface area contributed by atoms with E-state index < -0.39 is 0 Å². The van der Waals surface area contributed by atoms with E-state index in [4.69, 9.17) is 0 Å². The molecule has 3 nitrogen and oxygen atoms in total. The predicted molar refractivity (Wildman–Crippen MR) is 88.5 cm³/mol. The molecule has 0 aromatic heterocycles. The molecule has 1 unspecified atom stereocenters. The maximum atomic E-state index is 12.4. The van der Waals surface area contributed by atoms with Gasteiger partial charge in [-0.05, 0) is 30.9 Å². The van der Waals surface area contributed by atoms with Crippen molar-refractivity contribution >= 4 is 12.0 Å². The van der Waals surface area contributed by atoms with Gasteiger partial charge in [-0.15, -0.1) is 0 Å². The third-order valence-electron chi connectivity index (χ3n) is 5.58. The summed E-state index contributed by atoms with van der Waals surface area (Å²) in [4.78, 5) is 14.5. The van der Waals surface area contributed by atoms with Crippen molar-refractivity contribution in [1.29, 1.82) is 0 Å². The molecule has 3 saturated heterocycles. The number of rotatable bonds is 3. The van der Waals surface area contributed by atoms with E-state index >= 15 is 0 Å². The van der Waals surface area contributed by atoms with Crippen LogP contribution < -0.4 is 5.32 Å². The van der Waals surface area contributed by atoms with Crippen molar-refractivity contribution in [2.45, 2.75) is 44.2 Å². The number of benzene rings is 1. The lowest BCUT2D eigenvalue weighted by Gasteiger charge is -2.55. The Labute approximate surface area is 132 Å². The molecule has 22 heavy (non-hydrogen) atoms. The number of nitrogens with one attached hydrogen (secondary N) is 1. The Morgan fingerprint density at radius 2 is 1.86 bits per heavy atom. The zero-order valence-corrected chi connectivity index (χ0v) is 13.2. The van der Waals surface area contributed by atoms with E-state index in [2.05, 4.69) is 46.6 Å². The number of hydrogen-bond donors (Lipinski definition) is 1. The van der Waals surface area contributed by atoms with Crippen LogP contribution in [0.4, 0.5) is 0 Å². The molecule has 1 amide bonds. The average molecular weight is 296 g/mol. The van der Waals surface area contributed by atoms with Crippen LogP contribution in [0.2, 0.25) is 0 Å². The quantitative estimate of drug-likeness (QED) is 0.930. The topological polar surface area (TPSA) is 32.3 Å². The summed E-state index contributed by atoms with van der Waals surface area (Å²) in [5.41, 5.74) is 2.67. The van der Waals surface area contributed by atoms with E-state index in [0.717, 1.165) is 25.9 Å².